The fraction of sp³-hybridized carbons (Fsp3) is 0.562. The van der Waals surface area contributed by atoms with Crippen molar-refractivity contribution in [2.45, 2.75) is 32.7 Å². The third-order valence-electron chi connectivity index (χ3n) is 4.29. The van der Waals surface area contributed by atoms with E-state index in [2.05, 4.69) is 22.0 Å². The van der Waals surface area contributed by atoms with Gasteiger partial charge in [0.25, 0.3) is 0 Å². The summed E-state index contributed by atoms with van der Waals surface area (Å²) in [6, 6.07) is 3.91. The van der Waals surface area contributed by atoms with E-state index in [0.717, 1.165) is 37.5 Å². The highest BCUT2D eigenvalue weighted by molar-refractivity contribution is 5.94. The Balaban J connectivity index is 1.65. The van der Waals surface area contributed by atoms with Gasteiger partial charge in [0, 0.05) is 12.3 Å². The minimum atomic E-state index is 0.0741. The van der Waals surface area contributed by atoms with Crippen molar-refractivity contribution in [3.8, 4) is 0 Å². The lowest BCUT2D eigenvalue weighted by molar-refractivity contribution is 0.0839. The number of aryl methyl sites for hydroxylation is 3. The van der Waals surface area contributed by atoms with Gasteiger partial charge in [-0.3, -0.25) is 4.79 Å². The number of nitrogens with zero attached hydrogens (tertiary/aromatic N) is 4. The van der Waals surface area contributed by atoms with Crippen LogP contribution in [-0.2, 0) is 13.0 Å². The van der Waals surface area contributed by atoms with Crippen LogP contribution in [0.25, 0.3) is 0 Å². The number of aromatic nitrogens is 3. The molecule has 6 nitrogen and oxygen atoms in total. The number of likely N-dealkylation sites (tertiary alicyclic amines) is 1. The quantitative estimate of drug-likeness (QED) is 0.790. The first-order chi connectivity index (χ1) is 10.6. The summed E-state index contributed by atoms with van der Waals surface area (Å²) in [6.07, 6.45) is 3.99. The summed E-state index contributed by atoms with van der Waals surface area (Å²) in [6.45, 7) is 4.47. The number of hydrogen-bond donors (Lipinski definition) is 0. The standard InChI is InChI=1S/C16H22N4O2/c1-12-3-4-14(22-12)7-10-20-16(17-11-18-20)15(21)13-5-8-19(2)9-6-13/h3-4,11,13H,5-10H2,1-2H3. The molecule has 1 saturated heterocycles. The minimum absolute atomic E-state index is 0.0741. The summed E-state index contributed by atoms with van der Waals surface area (Å²) >= 11 is 0. The molecular formula is C16H22N4O2. The van der Waals surface area contributed by atoms with Crippen molar-refractivity contribution in [2.75, 3.05) is 20.1 Å². The van der Waals surface area contributed by atoms with Crippen molar-refractivity contribution >= 4 is 5.78 Å². The van der Waals surface area contributed by atoms with Crippen LogP contribution in [0.2, 0.25) is 0 Å². The van der Waals surface area contributed by atoms with Gasteiger partial charge < -0.3 is 9.32 Å². The van der Waals surface area contributed by atoms with Gasteiger partial charge in [-0.2, -0.15) is 5.10 Å². The fourth-order valence-electron chi connectivity index (χ4n) is 2.91. The maximum absolute atomic E-state index is 12.6. The van der Waals surface area contributed by atoms with E-state index in [4.69, 9.17) is 4.42 Å². The molecule has 0 amide bonds. The van der Waals surface area contributed by atoms with Crippen molar-refractivity contribution < 1.29 is 9.21 Å². The second-order valence-electron chi connectivity index (χ2n) is 6.01. The summed E-state index contributed by atoms with van der Waals surface area (Å²) < 4.78 is 7.27. The van der Waals surface area contributed by atoms with Crippen molar-refractivity contribution in [2.24, 2.45) is 5.92 Å². The molecule has 0 bridgehead atoms. The number of rotatable bonds is 5. The highest BCUT2D eigenvalue weighted by Crippen LogP contribution is 2.20. The molecule has 22 heavy (non-hydrogen) atoms. The molecule has 118 valence electrons. The van der Waals surface area contributed by atoms with Crippen LogP contribution in [0.1, 0.15) is 35.0 Å². The maximum Gasteiger partial charge on any atom is 0.202 e. The predicted octanol–water partition coefficient (Wildman–Crippen LogP) is 1.95. The highest BCUT2D eigenvalue weighted by Gasteiger charge is 2.27. The van der Waals surface area contributed by atoms with E-state index in [0.29, 0.717) is 18.8 Å². The van der Waals surface area contributed by atoms with Gasteiger partial charge in [-0.15, -0.1) is 0 Å². The lowest BCUT2D eigenvalue weighted by Gasteiger charge is -2.27. The number of carbonyl (C=O) groups excluding carboxylic acids is 1. The Hall–Kier alpha value is -1.95. The Labute approximate surface area is 130 Å². The van der Waals surface area contributed by atoms with E-state index in [-0.39, 0.29) is 11.7 Å². The Morgan fingerprint density at radius 2 is 2.14 bits per heavy atom. The van der Waals surface area contributed by atoms with E-state index in [9.17, 15) is 4.79 Å². The maximum atomic E-state index is 12.6. The van der Waals surface area contributed by atoms with Crippen LogP contribution in [0.5, 0.6) is 0 Å². The summed E-state index contributed by atoms with van der Waals surface area (Å²) in [5.74, 6) is 2.49. The van der Waals surface area contributed by atoms with Gasteiger partial charge in [0.1, 0.15) is 17.8 Å². The molecule has 1 aliphatic heterocycles. The van der Waals surface area contributed by atoms with Crippen LogP contribution in [0.4, 0.5) is 0 Å². The van der Waals surface area contributed by atoms with Gasteiger partial charge in [0.2, 0.25) is 5.78 Å². The number of Topliss-reactive ketones (excluding diaryl/α,β-unsaturated/α-hetero) is 1. The van der Waals surface area contributed by atoms with E-state index in [1.165, 1.54) is 6.33 Å². The average molecular weight is 302 g/mol. The zero-order chi connectivity index (χ0) is 15.5. The van der Waals surface area contributed by atoms with E-state index >= 15 is 0 Å². The molecular weight excluding hydrogens is 280 g/mol. The average Bonchev–Trinajstić information content (AvgIpc) is 3.14. The summed E-state index contributed by atoms with van der Waals surface area (Å²) in [5.41, 5.74) is 0. The first-order valence-electron chi connectivity index (χ1n) is 7.79. The normalized spacial score (nSPS) is 17.0. The van der Waals surface area contributed by atoms with Crippen LogP contribution in [-0.4, -0.2) is 45.6 Å². The Morgan fingerprint density at radius 1 is 1.36 bits per heavy atom. The zero-order valence-corrected chi connectivity index (χ0v) is 13.2. The third kappa shape index (κ3) is 3.27. The van der Waals surface area contributed by atoms with Gasteiger partial charge in [-0.05, 0) is 52.0 Å². The number of carbonyl (C=O) groups is 1. The van der Waals surface area contributed by atoms with Crippen molar-refractivity contribution in [1.82, 2.24) is 19.7 Å². The van der Waals surface area contributed by atoms with E-state index in [1.54, 1.807) is 4.68 Å². The van der Waals surface area contributed by atoms with E-state index < -0.39 is 0 Å². The third-order valence-corrected chi connectivity index (χ3v) is 4.29. The van der Waals surface area contributed by atoms with Crippen LogP contribution < -0.4 is 0 Å². The number of furan rings is 1. The van der Waals surface area contributed by atoms with Crippen molar-refractivity contribution in [1.29, 1.82) is 0 Å². The van der Waals surface area contributed by atoms with Crippen LogP contribution in [0.3, 0.4) is 0 Å². The molecule has 6 heteroatoms. The fourth-order valence-corrected chi connectivity index (χ4v) is 2.91. The molecule has 2 aromatic heterocycles. The number of piperidine rings is 1. The molecule has 0 aromatic carbocycles. The topological polar surface area (TPSA) is 64.2 Å². The molecule has 0 radical (unpaired) electrons. The Bertz CT molecular complexity index is 638. The number of hydrogen-bond acceptors (Lipinski definition) is 5. The second kappa shape index (κ2) is 6.44. The van der Waals surface area contributed by atoms with Crippen LogP contribution in [0.15, 0.2) is 22.9 Å². The van der Waals surface area contributed by atoms with Crippen molar-refractivity contribution in [3.05, 3.63) is 35.8 Å². The van der Waals surface area contributed by atoms with Crippen LogP contribution >= 0.6 is 0 Å². The van der Waals surface area contributed by atoms with Crippen molar-refractivity contribution in [3.63, 3.8) is 0 Å². The summed E-state index contributed by atoms with van der Waals surface area (Å²) in [7, 11) is 2.09. The lowest BCUT2D eigenvalue weighted by atomic mass is 9.92. The molecule has 0 N–H and O–H groups in total. The Kier molecular flexibility index (Phi) is 4.38. The molecule has 0 saturated carbocycles. The van der Waals surface area contributed by atoms with Gasteiger partial charge >= 0.3 is 0 Å². The SMILES string of the molecule is Cc1ccc(CCn2ncnc2C(=O)C2CCN(C)CC2)o1. The van der Waals surface area contributed by atoms with Gasteiger partial charge in [0.15, 0.2) is 5.82 Å². The molecule has 3 rings (SSSR count). The van der Waals surface area contributed by atoms with Gasteiger partial charge in [0.05, 0.1) is 6.54 Å². The van der Waals surface area contributed by atoms with Gasteiger partial charge in [-0.1, -0.05) is 0 Å². The first-order valence-corrected chi connectivity index (χ1v) is 7.79. The monoisotopic (exact) mass is 302 g/mol. The van der Waals surface area contributed by atoms with E-state index in [1.807, 2.05) is 19.1 Å². The summed E-state index contributed by atoms with van der Waals surface area (Å²) in [5, 5.41) is 4.20. The molecule has 0 spiro atoms. The first kappa shape index (κ1) is 15.0. The lowest BCUT2D eigenvalue weighted by Crippen LogP contribution is -2.34. The van der Waals surface area contributed by atoms with Gasteiger partial charge in [-0.25, -0.2) is 9.67 Å². The molecule has 0 unspecified atom stereocenters. The molecule has 1 aliphatic rings. The predicted molar refractivity (Wildman–Crippen MR) is 81.7 cm³/mol. The minimum Gasteiger partial charge on any atom is -0.466 e. The molecule has 1 fully saturated rings. The largest absolute Gasteiger partial charge is 0.466 e. The van der Waals surface area contributed by atoms with Crippen LogP contribution in [0, 0.1) is 12.8 Å². The molecule has 0 atom stereocenters. The highest BCUT2D eigenvalue weighted by atomic mass is 16.3. The summed E-state index contributed by atoms with van der Waals surface area (Å²) in [4.78, 5) is 19.1. The zero-order valence-electron chi connectivity index (χ0n) is 13.2. The molecule has 3 heterocycles. The second-order valence-corrected chi connectivity index (χ2v) is 6.01. The molecule has 2 aromatic rings. The number of ketones is 1. The smallest absolute Gasteiger partial charge is 0.202 e. The molecule has 0 aliphatic carbocycles. The Morgan fingerprint density at radius 3 is 2.82 bits per heavy atom.